The van der Waals surface area contributed by atoms with E-state index >= 15 is 0 Å². The van der Waals surface area contributed by atoms with E-state index in [1.54, 1.807) is 47.5 Å². The maximum Gasteiger partial charge on any atom is 0.253 e. The number of fused-ring (bicyclic) bond motifs is 1. The number of pyridine rings is 1. The summed E-state index contributed by atoms with van der Waals surface area (Å²) in [4.78, 5) is 24.8. The van der Waals surface area contributed by atoms with Crippen molar-refractivity contribution in [2.75, 3.05) is 18.6 Å². The second-order valence-electron chi connectivity index (χ2n) is 8.48. The Hall–Kier alpha value is -3.97. The van der Waals surface area contributed by atoms with Gasteiger partial charge in [0, 0.05) is 35.8 Å². The van der Waals surface area contributed by atoms with Crippen LogP contribution >= 0.6 is 0 Å². The van der Waals surface area contributed by atoms with Gasteiger partial charge in [0.1, 0.15) is 11.3 Å². The topological polar surface area (TPSA) is 74.7 Å². The third kappa shape index (κ3) is 5.41. The number of allylic oxidation sites excluding steroid dienone is 3. The molecular formula is C28H28FN3O3. The normalized spacial score (nSPS) is 16.1. The number of hydrogen-bond acceptors (Lipinski definition) is 5. The number of aromatic nitrogens is 1. The number of likely N-dealkylation sites (tertiary alicyclic amines) is 1. The Bertz CT molecular complexity index is 1270. The van der Waals surface area contributed by atoms with Crippen molar-refractivity contribution in [3.63, 3.8) is 0 Å². The lowest BCUT2D eigenvalue weighted by Gasteiger charge is -2.39. The summed E-state index contributed by atoms with van der Waals surface area (Å²) in [5, 5.41) is 12.0. The smallest absolute Gasteiger partial charge is 0.253 e. The van der Waals surface area contributed by atoms with E-state index in [0.717, 1.165) is 10.9 Å². The lowest BCUT2D eigenvalue weighted by Crippen LogP contribution is -2.47. The summed E-state index contributed by atoms with van der Waals surface area (Å²) in [6.07, 6.45) is 6.90. The number of anilines is 1. The number of carbonyl (C=O) groups excluding carboxylic acids is 1. The fourth-order valence-corrected chi connectivity index (χ4v) is 4.24. The lowest BCUT2D eigenvalue weighted by molar-refractivity contribution is 0.0116. The van der Waals surface area contributed by atoms with Gasteiger partial charge in [0.05, 0.1) is 11.3 Å². The zero-order valence-corrected chi connectivity index (χ0v) is 19.6. The summed E-state index contributed by atoms with van der Waals surface area (Å²) in [6, 6.07) is 16.5. The van der Waals surface area contributed by atoms with Crippen molar-refractivity contribution < 1.29 is 19.1 Å². The number of piperidine rings is 1. The van der Waals surface area contributed by atoms with E-state index in [-0.39, 0.29) is 24.3 Å². The molecular weight excluding hydrogens is 445 g/mol. The van der Waals surface area contributed by atoms with Crippen molar-refractivity contribution in [2.24, 2.45) is 0 Å². The van der Waals surface area contributed by atoms with Gasteiger partial charge in [0.15, 0.2) is 5.75 Å². The molecule has 7 heteroatoms. The van der Waals surface area contributed by atoms with E-state index < -0.39 is 11.4 Å². The van der Waals surface area contributed by atoms with Crippen molar-refractivity contribution in [1.29, 1.82) is 0 Å². The molecule has 0 radical (unpaired) electrons. The Morgan fingerprint density at radius 2 is 1.89 bits per heavy atom. The molecule has 2 aromatic carbocycles. The van der Waals surface area contributed by atoms with Gasteiger partial charge in [-0.1, -0.05) is 43.0 Å². The fraction of sp³-hybridized carbons (Fsp3) is 0.214. The molecule has 0 bridgehead atoms. The second kappa shape index (κ2) is 10.5. The average molecular weight is 474 g/mol. The van der Waals surface area contributed by atoms with E-state index in [1.807, 2.05) is 30.3 Å². The summed E-state index contributed by atoms with van der Waals surface area (Å²) in [5.74, 6) is 0.0285. The first-order chi connectivity index (χ1) is 16.9. The molecule has 0 saturated carbocycles. The Kier molecular flexibility index (Phi) is 7.27. The number of hydrogen-bond donors (Lipinski definition) is 2. The van der Waals surface area contributed by atoms with Crippen molar-refractivity contribution in [2.45, 2.75) is 25.4 Å². The van der Waals surface area contributed by atoms with Crippen LogP contribution in [0.2, 0.25) is 0 Å². The van der Waals surface area contributed by atoms with Crippen LogP contribution in [0.4, 0.5) is 10.1 Å². The molecule has 1 amide bonds. The first kappa shape index (κ1) is 24.2. The Labute approximate surface area is 204 Å². The number of amides is 1. The van der Waals surface area contributed by atoms with Crippen LogP contribution in [-0.4, -0.2) is 39.6 Å². The van der Waals surface area contributed by atoms with E-state index in [4.69, 9.17) is 4.84 Å². The van der Waals surface area contributed by atoms with Gasteiger partial charge < -0.3 is 14.8 Å². The number of para-hydroxylation sites is 1. The summed E-state index contributed by atoms with van der Waals surface area (Å²) >= 11 is 0. The van der Waals surface area contributed by atoms with Crippen LogP contribution in [0.15, 0.2) is 97.0 Å². The van der Waals surface area contributed by atoms with Gasteiger partial charge in [-0.2, -0.15) is 0 Å². The molecule has 1 aliphatic heterocycles. The molecule has 3 aromatic rings. The van der Waals surface area contributed by atoms with Gasteiger partial charge in [-0.15, -0.1) is 0 Å². The highest BCUT2D eigenvalue weighted by atomic mass is 19.1. The van der Waals surface area contributed by atoms with Gasteiger partial charge in [-0.25, -0.2) is 9.87 Å². The minimum absolute atomic E-state index is 0.137. The van der Waals surface area contributed by atoms with Gasteiger partial charge >= 0.3 is 0 Å². The van der Waals surface area contributed by atoms with Gasteiger partial charge in [-0.3, -0.25) is 9.78 Å². The number of nitrogens with zero attached hydrogens (tertiary/aromatic N) is 2. The molecule has 0 spiro atoms. The average Bonchev–Trinajstić information content (AvgIpc) is 2.88. The van der Waals surface area contributed by atoms with Gasteiger partial charge in [0.25, 0.3) is 5.91 Å². The predicted molar refractivity (Wildman–Crippen MR) is 136 cm³/mol. The first-order valence-corrected chi connectivity index (χ1v) is 11.5. The van der Waals surface area contributed by atoms with Crippen LogP contribution in [0.5, 0.6) is 5.75 Å². The summed E-state index contributed by atoms with van der Waals surface area (Å²) < 4.78 is 14.1. The second-order valence-corrected chi connectivity index (χ2v) is 8.48. The Morgan fingerprint density at radius 3 is 2.57 bits per heavy atom. The van der Waals surface area contributed by atoms with Crippen LogP contribution in [0.25, 0.3) is 10.9 Å². The monoisotopic (exact) mass is 473 g/mol. The molecule has 180 valence electrons. The molecule has 1 fully saturated rings. The number of rotatable bonds is 7. The van der Waals surface area contributed by atoms with Crippen molar-refractivity contribution in [3.05, 3.63) is 103 Å². The molecule has 4 rings (SSSR count). The summed E-state index contributed by atoms with van der Waals surface area (Å²) in [7, 11) is 0. The minimum atomic E-state index is -1.31. The molecule has 1 saturated heterocycles. The fourth-order valence-electron chi connectivity index (χ4n) is 4.24. The van der Waals surface area contributed by atoms with Crippen LogP contribution in [0, 0.1) is 0 Å². The molecule has 1 aromatic heterocycles. The Balaban J connectivity index is 1.37. The molecule has 0 atom stereocenters. The predicted octanol–water partition coefficient (Wildman–Crippen LogP) is 5.59. The molecule has 2 N–H and O–H groups in total. The quantitative estimate of drug-likeness (QED) is 0.345. The minimum Gasteiger partial charge on any atom is -0.385 e. The molecule has 6 nitrogen and oxygen atoms in total. The number of nitrogens with one attached hydrogen (secondary N) is 1. The zero-order valence-electron chi connectivity index (χ0n) is 19.6. The van der Waals surface area contributed by atoms with E-state index in [9.17, 15) is 14.3 Å². The third-order valence-electron chi connectivity index (χ3n) is 6.16. The number of benzene rings is 2. The van der Waals surface area contributed by atoms with Crippen molar-refractivity contribution in [1.82, 2.24) is 9.88 Å². The van der Waals surface area contributed by atoms with Crippen LogP contribution < -0.4 is 10.3 Å². The highest BCUT2D eigenvalue weighted by Crippen LogP contribution is 2.33. The largest absolute Gasteiger partial charge is 0.385 e. The molecule has 35 heavy (non-hydrogen) atoms. The van der Waals surface area contributed by atoms with E-state index in [2.05, 4.69) is 17.0 Å². The number of carbonyl (C=O) groups is 1. The molecule has 1 aliphatic rings. The highest BCUT2D eigenvalue weighted by molar-refractivity contribution is 5.94. The van der Waals surface area contributed by atoms with Crippen LogP contribution in [0.3, 0.4) is 0 Å². The number of halogens is 1. The first-order valence-electron chi connectivity index (χ1n) is 11.5. The van der Waals surface area contributed by atoms with E-state index in [0.29, 0.717) is 30.1 Å². The Morgan fingerprint density at radius 1 is 1.17 bits per heavy atom. The van der Waals surface area contributed by atoms with Gasteiger partial charge in [-0.05, 0) is 56.2 Å². The number of aliphatic hydroxyl groups is 1. The van der Waals surface area contributed by atoms with Crippen molar-refractivity contribution >= 4 is 22.5 Å². The molecule has 2 heterocycles. The molecule has 0 aliphatic carbocycles. The highest BCUT2D eigenvalue weighted by Gasteiger charge is 2.37. The maximum atomic E-state index is 14.1. The van der Waals surface area contributed by atoms with Crippen LogP contribution in [-0.2, 0) is 0 Å². The standard InChI is InChI=1S/C28H28FN3O3/c1-3-4-9-24(20(2)29)28(34)15-18-32(19-16-28)27(33)22-11-13-23(14-12-22)31-35-25-10-5-7-21-8-6-17-30-26(21)25/h3-14,17,31,34H,1,15-16,18-19H2,2H3/b9-4-,24-20-. The van der Waals surface area contributed by atoms with Crippen molar-refractivity contribution in [3.8, 4) is 5.75 Å². The summed E-state index contributed by atoms with van der Waals surface area (Å²) in [6.45, 7) is 5.57. The molecule has 0 unspecified atom stereocenters. The zero-order chi connectivity index (χ0) is 24.8. The maximum absolute atomic E-state index is 14.1. The third-order valence-corrected chi connectivity index (χ3v) is 6.16. The van der Waals surface area contributed by atoms with Gasteiger partial charge in [0.2, 0.25) is 0 Å². The summed E-state index contributed by atoms with van der Waals surface area (Å²) in [5.41, 5.74) is 3.79. The van der Waals surface area contributed by atoms with Crippen LogP contribution in [0.1, 0.15) is 30.1 Å². The lowest BCUT2D eigenvalue weighted by atomic mass is 9.83. The van der Waals surface area contributed by atoms with E-state index in [1.165, 1.54) is 13.0 Å². The SMILES string of the molecule is C=C/C=C\C(=C(/C)F)C1(O)CCN(C(=O)c2ccc(NOc3cccc4cccnc34)cc2)CC1.